The number of rotatable bonds is 7. The third kappa shape index (κ3) is 4.29. The van der Waals surface area contributed by atoms with Crippen LogP contribution in [-0.2, 0) is 16.4 Å². The number of fused-ring (bicyclic) bond motifs is 1. The summed E-state index contributed by atoms with van der Waals surface area (Å²) < 4.78 is 38.3. The summed E-state index contributed by atoms with van der Waals surface area (Å²) in [4.78, 5) is 0.235. The Morgan fingerprint density at radius 3 is 2.38 bits per heavy atom. The molecule has 0 aliphatic carbocycles. The molecule has 0 atom stereocenters. The van der Waals surface area contributed by atoms with Gasteiger partial charge in [0, 0.05) is 25.7 Å². The summed E-state index contributed by atoms with van der Waals surface area (Å²) in [5.74, 6) is 1.03. The van der Waals surface area contributed by atoms with Gasteiger partial charge in [-0.1, -0.05) is 30.3 Å². The van der Waals surface area contributed by atoms with Gasteiger partial charge in [-0.25, -0.2) is 8.42 Å². The minimum absolute atomic E-state index is 0. The highest BCUT2D eigenvalue weighted by atomic mass is 35.5. The van der Waals surface area contributed by atoms with Crippen LogP contribution in [0.1, 0.15) is 11.1 Å². The molecule has 6 nitrogen and oxygen atoms in total. The van der Waals surface area contributed by atoms with Gasteiger partial charge in [0.25, 0.3) is 0 Å². The third-order valence-corrected chi connectivity index (χ3v) is 6.20. The van der Waals surface area contributed by atoms with E-state index in [-0.39, 0.29) is 37.2 Å². The van der Waals surface area contributed by atoms with Gasteiger partial charge in [-0.05, 0) is 30.5 Å². The number of benzene rings is 2. The molecule has 1 heterocycles. The van der Waals surface area contributed by atoms with E-state index >= 15 is 0 Å². The highest BCUT2D eigenvalue weighted by Crippen LogP contribution is 2.37. The lowest BCUT2D eigenvalue weighted by molar-refractivity contribution is 0.174. The van der Waals surface area contributed by atoms with Crippen LogP contribution in [0.4, 0.5) is 0 Å². The van der Waals surface area contributed by atoms with Gasteiger partial charge in [0.05, 0.1) is 4.90 Å². The minimum atomic E-state index is -3.67. The van der Waals surface area contributed by atoms with Gasteiger partial charge in [0.2, 0.25) is 16.8 Å². The van der Waals surface area contributed by atoms with E-state index < -0.39 is 10.0 Å². The molecule has 2 N–H and O–H groups in total. The standard InChI is InChI=1S/C18H22N2O4S.ClH/c1-14-11-16-17(24-13-23-16)12-18(14)25(21,22)20(10-8-19)9-7-15-5-3-2-4-6-15;/h2-6,11-12H,7-10,13,19H2,1H3;1H. The number of sulfonamides is 1. The summed E-state index contributed by atoms with van der Waals surface area (Å²) in [7, 11) is -3.67. The molecule has 1 aliphatic heterocycles. The lowest BCUT2D eigenvalue weighted by atomic mass is 10.1. The highest BCUT2D eigenvalue weighted by Gasteiger charge is 2.28. The zero-order valence-electron chi connectivity index (χ0n) is 14.6. The van der Waals surface area contributed by atoms with Gasteiger partial charge in [-0.3, -0.25) is 0 Å². The van der Waals surface area contributed by atoms with E-state index in [1.165, 1.54) is 4.31 Å². The number of ether oxygens (including phenoxy) is 2. The van der Waals surface area contributed by atoms with E-state index in [4.69, 9.17) is 15.2 Å². The van der Waals surface area contributed by atoms with Crippen LogP contribution in [0, 0.1) is 6.92 Å². The molecule has 0 spiro atoms. The molecule has 0 fully saturated rings. The molecule has 2 aromatic rings. The molecular formula is C18H23ClN2O4S. The average Bonchev–Trinajstić information content (AvgIpc) is 3.05. The van der Waals surface area contributed by atoms with Crippen LogP contribution in [-0.4, -0.2) is 39.2 Å². The van der Waals surface area contributed by atoms with Crippen molar-refractivity contribution in [2.45, 2.75) is 18.2 Å². The van der Waals surface area contributed by atoms with Gasteiger partial charge in [-0.2, -0.15) is 4.31 Å². The van der Waals surface area contributed by atoms with Crippen molar-refractivity contribution in [1.82, 2.24) is 4.31 Å². The number of nitrogens with zero attached hydrogens (tertiary/aromatic N) is 1. The topological polar surface area (TPSA) is 81.9 Å². The fraction of sp³-hybridized carbons (Fsp3) is 0.333. The predicted octanol–water partition coefficient (Wildman–Crippen LogP) is 2.34. The maximum atomic E-state index is 13.1. The quantitative estimate of drug-likeness (QED) is 0.774. The fourth-order valence-corrected chi connectivity index (χ4v) is 4.51. The first-order valence-electron chi connectivity index (χ1n) is 8.17. The summed E-state index contributed by atoms with van der Waals surface area (Å²) in [6.07, 6.45) is 0.629. The fourth-order valence-electron chi connectivity index (χ4n) is 2.84. The van der Waals surface area contributed by atoms with Gasteiger partial charge < -0.3 is 15.2 Å². The van der Waals surface area contributed by atoms with Crippen LogP contribution < -0.4 is 15.2 Å². The van der Waals surface area contributed by atoms with Crippen LogP contribution in [0.3, 0.4) is 0 Å². The van der Waals surface area contributed by atoms with Crippen molar-refractivity contribution in [3.8, 4) is 11.5 Å². The van der Waals surface area contributed by atoms with Gasteiger partial charge >= 0.3 is 0 Å². The lowest BCUT2D eigenvalue weighted by Crippen LogP contribution is -2.37. The van der Waals surface area contributed by atoms with Crippen LogP contribution in [0.2, 0.25) is 0 Å². The molecule has 142 valence electrons. The Balaban J connectivity index is 0.00000243. The minimum Gasteiger partial charge on any atom is -0.454 e. The molecule has 2 aromatic carbocycles. The highest BCUT2D eigenvalue weighted by molar-refractivity contribution is 7.89. The first-order chi connectivity index (χ1) is 12.0. The number of hydrogen-bond donors (Lipinski definition) is 1. The Kier molecular flexibility index (Phi) is 6.88. The monoisotopic (exact) mass is 398 g/mol. The molecule has 0 bridgehead atoms. The largest absolute Gasteiger partial charge is 0.454 e. The summed E-state index contributed by atoms with van der Waals surface area (Å²) in [6, 6.07) is 13.0. The predicted molar refractivity (Wildman–Crippen MR) is 103 cm³/mol. The van der Waals surface area contributed by atoms with Crippen LogP contribution >= 0.6 is 12.4 Å². The Bertz CT molecular complexity index is 844. The molecule has 1 aliphatic rings. The van der Waals surface area contributed by atoms with Crippen molar-refractivity contribution in [2.24, 2.45) is 5.73 Å². The molecule has 0 saturated heterocycles. The van der Waals surface area contributed by atoms with Crippen molar-refractivity contribution in [1.29, 1.82) is 0 Å². The van der Waals surface area contributed by atoms with E-state index in [9.17, 15) is 8.42 Å². The van der Waals surface area contributed by atoms with Crippen LogP contribution in [0.5, 0.6) is 11.5 Å². The molecule has 26 heavy (non-hydrogen) atoms. The smallest absolute Gasteiger partial charge is 0.243 e. The molecule has 3 rings (SSSR count). The molecule has 0 aromatic heterocycles. The lowest BCUT2D eigenvalue weighted by Gasteiger charge is -2.23. The Labute approximate surface area is 160 Å². The molecular weight excluding hydrogens is 376 g/mol. The van der Waals surface area contributed by atoms with E-state index in [0.717, 1.165) is 5.56 Å². The van der Waals surface area contributed by atoms with Gasteiger partial charge in [-0.15, -0.1) is 12.4 Å². The second-order valence-electron chi connectivity index (χ2n) is 5.90. The molecule has 8 heteroatoms. The Morgan fingerprint density at radius 1 is 1.08 bits per heavy atom. The third-order valence-electron chi connectivity index (χ3n) is 4.16. The Morgan fingerprint density at radius 2 is 1.73 bits per heavy atom. The first kappa shape index (κ1) is 20.5. The van der Waals surface area contributed by atoms with E-state index in [1.54, 1.807) is 19.1 Å². The summed E-state index contributed by atoms with van der Waals surface area (Å²) >= 11 is 0. The molecule has 0 amide bonds. The molecule has 0 saturated carbocycles. The van der Waals surface area contributed by atoms with Crippen LogP contribution in [0.25, 0.3) is 0 Å². The Hall–Kier alpha value is -1.80. The van der Waals surface area contributed by atoms with Crippen molar-refractivity contribution in [2.75, 3.05) is 26.4 Å². The summed E-state index contributed by atoms with van der Waals surface area (Å²) in [5, 5.41) is 0. The number of aryl methyl sites for hydroxylation is 1. The second kappa shape index (κ2) is 8.73. The van der Waals surface area contributed by atoms with Crippen molar-refractivity contribution >= 4 is 22.4 Å². The van der Waals surface area contributed by atoms with Crippen molar-refractivity contribution < 1.29 is 17.9 Å². The van der Waals surface area contributed by atoms with Gasteiger partial charge in [0.15, 0.2) is 11.5 Å². The van der Waals surface area contributed by atoms with Crippen LogP contribution in [0.15, 0.2) is 47.4 Å². The second-order valence-corrected chi connectivity index (χ2v) is 7.81. The van der Waals surface area contributed by atoms with Crippen molar-refractivity contribution in [3.63, 3.8) is 0 Å². The van der Waals surface area contributed by atoms with E-state index in [0.29, 0.717) is 30.0 Å². The van der Waals surface area contributed by atoms with E-state index in [1.807, 2.05) is 30.3 Å². The summed E-state index contributed by atoms with van der Waals surface area (Å²) in [6.45, 7) is 2.77. The van der Waals surface area contributed by atoms with Gasteiger partial charge in [0.1, 0.15) is 0 Å². The number of halogens is 1. The number of hydrogen-bond acceptors (Lipinski definition) is 5. The first-order valence-corrected chi connectivity index (χ1v) is 9.61. The maximum Gasteiger partial charge on any atom is 0.243 e. The van der Waals surface area contributed by atoms with Crippen molar-refractivity contribution in [3.05, 3.63) is 53.6 Å². The average molecular weight is 399 g/mol. The summed E-state index contributed by atoms with van der Waals surface area (Å²) in [5.41, 5.74) is 7.37. The molecule has 0 radical (unpaired) electrons. The maximum absolute atomic E-state index is 13.1. The SMILES string of the molecule is Cc1cc2c(cc1S(=O)(=O)N(CCN)CCc1ccccc1)OCO2.Cl. The van der Waals surface area contributed by atoms with E-state index in [2.05, 4.69) is 0 Å². The number of nitrogens with two attached hydrogens (primary N) is 1. The normalized spacial score (nSPS) is 12.9. The zero-order valence-corrected chi connectivity index (χ0v) is 16.2. The molecule has 0 unspecified atom stereocenters. The zero-order chi connectivity index (χ0) is 17.9.